The zero-order valence-electron chi connectivity index (χ0n) is 17.2. The minimum atomic E-state index is -3.64. The Bertz CT molecular complexity index is 1130. The minimum Gasteiger partial charge on any atom is -0.368 e. The van der Waals surface area contributed by atoms with Gasteiger partial charge in [-0.15, -0.1) is 0 Å². The average Bonchev–Trinajstić information content (AvgIpc) is 2.77. The van der Waals surface area contributed by atoms with Crippen LogP contribution in [-0.2, 0) is 14.8 Å². The van der Waals surface area contributed by atoms with Crippen molar-refractivity contribution in [3.63, 3.8) is 0 Å². The second kappa shape index (κ2) is 8.50. The van der Waals surface area contributed by atoms with Gasteiger partial charge in [0.1, 0.15) is 10.7 Å². The number of sulfonamides is 1. The molecule has 0 unspecified atom stereocenters. The van der Waals surface area contributed by atoms with E-state index in [0.29, 0.717) is 37.4 Å². The van der Waals surface area contributed by atoms with Crippen LogP contribution in [0.3, 0.4) is 0 Å². The van der Waals surface area contributed by atoms with Crippen molar-refractivity contribution in [2.75, 3.05) is 31.1 Å². The Labute approximate surface area is 181 Å². The lowest BCUT2D eigenvalue weighted by Gasteiger charge is -2.36. The van der Waals surface area contributed by atoms with Crippen molar-refractivity contribution in [1.29, 1.82) is 0 Å². The monoisotopic (exact) mass is 440 g/mol. The van der Waals surface area contributed by atoms with E-state index >= 15 is 0 Å². The molecule has 2 aromatic rings. The Hall–Kier alpha value is -3.20. The molecule has 1 fully saturated rings. The van der Waals surface area contributed by atoms with Crippen molar-refractivity contribution in [1.82, 2.24) is 9.62 Å². The number of amidine groups is 1. The van der Waals surface area contributed by atoms with Crippen molar-refractivity contribution in [3.8, 4) is 0 Å². The van der Waals surface area contributed by atoms with E-state index in [9.17, 15) is 18.0 Å². The zero-order chi connectivity index (χ0) is 22.0. The molecule has 0 spiro atoms. The molecule has 0 radical (unpaired) electrons. The van der Waals surface area contributed by atoms with E-state index in [1.807, 2.05) is 24.3 Å². The van der Waals surface area contributed by atoms with Gasteiger partial charge in [0.2, 0.25) is 5.91 Å². The fraction of sp³-hybridized carbons (Fsp3) is 0.318. The minimum absolute atomic E-state index is 0.0210. The third-order valence-corrected chi connectivity index (χ3v) is 6.94. The molecular formula is C22H24N4O4S. The molecule has 2 heterocycles. The first-order chi connectivity index (χ1) is 14.8. The number of nitrogens with one attached hydrogen (secondary N) is 1. The van der Waals surface area contributed by atoms with E-state index in [4.69, 9.17) is 0 Å². The summed E-state index contributed by atoms with van der Waals surface area (Å²) in [5.74, 6) is 0.305. The largest absolute Gasteiger partial charge is 0.368 e. The van der Waals surface area contributed by atoms with Crippen molar-refractivity contribution in [2.45, 2.75) is 24.7 Å². The maximum atomic E-state index is 12.6. The lowest BCUT2D eigenvalue weighted by Crippen LogP contribution is -2.49. The summed E-state index contributed by atoms with van der Waals surface area (Å²) < 4.78 is 27.2. The van der Waals surface area contributed by atoms with Crippen molar-refractivity contribution in [2.24, 2.45) is 4.99 Å². The number of hydrogen-bond acceptors (Lipinski definition) is 6. The van der Waals surface area contributed by atoms with Crippen LogP contribution in [-0.4, -0.2) is 57.0 Å². The Morgan fingerprint density at radius 3 is 2.35 bits per heavy atom. The highest BCUT2D eigenvalue weighted by molar-refractivity contribution is 7.90. The number of ketones is 1. The van der Waals surface area contributed by atoms with Crippen molar-refractivity contribution < 1.29 is 18.0 Å². The molecule has 0 saturated carbocycles. The fourth-order valence-electron chi connectivity index (χ4n) is 3.77. The molecule has 2 aliphatic heterocycles. The molecule has 8 nitrogen and oxygen atoms in total. The summed E-state index contributed by atoms with van der Waals surface area (Å²) in [7, 11) is -3.64. The summed E-state index contributed by atoms with van der Waals surface area (Å²) in [6.45, 7) is 4.13. The Morgan fingerprint density at radius 1 is 1.00 bits per heavy atom. The molecule has 162 valence electrons. The number of fused-ring (bicyclic) bond motifs is 1. The van der Waals surface area contributed by atoms with Crippen LogP contribution in [0, 0.1) is 0 Å². The van der Waals surface area contributed by atoms with Gasteiger partial charge in [0.15, 0.2) is 5.78 Å². The Balaban J connectivity index is 1.32. The summed E-state index contributed by atoms with van der Waals surface area (Å²) in [5.41, 5.74) is 2.11. The molecule has 0 aromatic heterocycles. The van der Waals surface area contributed by atoms with Gasteiger partial charge in [-0.25, -0.2) is 13.4 Å². The van der Waals surface area contributed by atoms with Gasteiger partial charge in [-0.1, -0.05) is 12.1 Å². The van der Waals surface area contributed by atoms with Crippen LogP contribution < -0.4 is 9.62 Å². The van der Waals surface area contributed by atoms with Gasteiger partial charge in [-0.3, -0.25) is 14.3 Å². The van der Waals surface area contributed by atoms with Gasteiger partial charge in [0.05, 0.1) is 5.69 Å². The third kappa shape index (κ3) is 4.61. The molecule has 2 aromatic carbocycles. The molecule has 0 aliphatic carbocycles. The molecule has 4 rings (SSSR count). The van der Waals surface area contributed by atoms with Gasteiger partial charge < -0.3 is 9.80 Å². The molecule has 2 aliphatic rings. The number of nitrogens with zero attached hydrogens (tertiary/aromatic N) is 3. The predicted molar refractivity (Wildman–Crippen MR) is 118 cm³/mol. The lowest BCUT2D eigenvalue weighted by molar-refractivity contribution is -0.131. The van der Waals surface area contributed by atoms with E-state index in [2.05, 4.69) is 14.6 Å². The number of anilines is 1. The zero-order valence-corrected chi connectivity index (χ0v) is 18.1. The van der Waals surface area contributed by atoms with E-state index in [0.717, 1.165) is 5.69 Å². The molecule has 0 atom stereocenters. The third-order valence-electron chi connectivity index (χ3n) is 5.51. The number of hydrogen-bond donors (Lipinski definition) is 1. The number of rotatable bonds is 5. The topological polar surface area (TPSA) is 99.2 Å². The second-order valence-electron chi connectivity index (χ2n) is 7.60. The molecule has 1 saturated heterocycles. The molecule has 9 heteroatoms. The number of para-hydroxylation sites is 1. The summed E-state index contributed by atoms with van der Waals surface area (Å²) in [4.78, 5) is 32.6. The van der Waals surface area contributed by atoms with Gasteiger partial charge in [0.25, 0.3) is 10.0 Å². The number of Topliss-reactive ketones (excluding diaryl/α,β-unsaturated/α-hetero) is 1. The highest BCUT2D eigenvalue weighted by Crippen LogP contribution is 2.27. The summed E-state index contributed by atoms with van der Waals surface area (Å²) in [6.07, 6.45) is 0.427. The Kier molecular flexibility index (Phi) is 5.77. The SMILES string of the molecule is CC(=O)c1ccc(N2CCN(C(=O)CCC3=Nc4ccccc4S(=O)(=O)N3)CC2)cc1. The number of benzene rings is 2. The van der Waals surface area contributed by atoms with Gasteiger partial charge >= 0.3 is 0 Å². The summed E-state index contributed by atoms with van der Waals surface area (Å²) in [5, 5.41) is 0. The number of carbonyl (C=O) groups is 2. The second-order valence-corrected chi connectivity index (χ2v) is 9.25. The van der Waals surface area contributed by atoms with Crippen molar-refractivity contribution >= 4 is 38.9 Å². The van der Waals surface area contributed by atoms with E-state index in [1.54, 1.807) is 30.0 Å². The van der Waals surface area contributed by atoms with Crippen LogP contribution in [0.2, 0.25) is 0 Å². The predicted octanol–water partition coefficient (Wildman–Crippen LogP) is 2.34. The summed E-state index contributed by atoms with van der Waals surface area (Å²) >= 11 is 0. The normalized spacial score (nSPS) is 17.4. The quantitative estimate of drug-likeness (QED) is 0.720. The maximum absolute atomic E-state index is 12.6. The standard InChI is InChI=1S/C22H24N4O4S/c1-16(27)17-6-8-18(9-7-17)25-12-14-26(15-13-25)22(28)11-10-21-23-19-4-2-3-5-20(19)31(29,30)24-21/h2-9H,10-15H2,1H3,(H,23,24). The first-order valence-electron chi connectivity index (χ1n) is 10.2. The average molecular weight is 441 g/mol. The van der Waals surface area contributed by atoms with Crippen LogP contribution in [0.25, 0.3) is 0 Å². The van der Waals surface area contributed by atoms with E-state index in [1.165, 1.54) is 6.07 Å². The molecule has 31 heavy (non-hydrogen) atoms. The van der Waals surface area contributed by atoms with Crippen LogP contribution in [0.5, 0.6) is 0 Å². The van der Waals surface area contributed by atoms with Crippen LogP contribution in [0.4, 0.5) is 11.4 Å². The Morgan fingerprint density at radius 2 is 1.68 bits per heavy atom. The van der Waals surface area contributed by atoms with Crippen molar-refractivity contribution in [3.05, 3.63) is 54.1 Å². The molecular weight excluding hydrogens is 416 g/mol. The highest BCUT2D eigenvalue weighted by Gasteiger charge is 2.26. The molecule has 1 amide bonds. The van der Waals surface area contributed by atoms with Crippen LogP contribution in [0.1, 0.15) is 30.1 Å². The van der Waals surface area contributed by atoms with Gasteiger partial charge in [0, 0.05) is 50.3 Å². The fourth-order valence-corrected chi connectivity index (χ4v) is 4.98. The number of aliphatic imine (C=N–C) groups is 1. The van der Waals surface area contributed by atoms with Gasteiger partial charge in [-0.05, 0) is 43.3 Å². The van der Waals surface area contributed by atoms with Gasteiger partial charge in [-0.2, -0.15) is 0 Å². The first-order valence-corrected chi connectivity index (χ1v) is 11.6. The van der Waals surface area contributed by atoms with Crippen LogP contribution >= 0.6 is 0 Å². The van der Waals surface area contributed by atoms with E-state index in [-0.39, 0.29) is 35.3 Å². The smallest absolute Gasteiger partial charge is 0.264 e. The van der Waals surface area contributed by atoms with E-state index < -0.39 is 10.0 Å². The molecule has 0 bridgehead atoms. The number of carbonyl (C=O) groups excluding carboxylic acids is 2. The lowest BCUT2D eigenvalue weighted by atomic mass is 10.1. The molecule has 1 N–H and O–H groups in total. The first kappa shape index (κ1) is 21.0. The maximum Gasteiger partial charge on any atom is 0.264 e. The van der Waals surface area contributed by atoms with Crippen LogP contribution in [0.15, 0.2) is 58.4 Å². The number of amides is 1. The number of piperazine rings is 1. The highest BCUT2D eigenvalue weighted by atomic mass is 32.2. The summed E-state index contributed by atoms with van der Waals surface area (Å²) in [6, 6.07) is 14.0.